The van der Waals surface area contributed by atoms with E-state index in [9.17, 15) is 5.11 Å². The van der Waals surface area contributed by atoms with E-state index in [0.717, 1.165) is 10.2 Å². The number of hydrogen-bond acceptors (Lipinski definition) is 3. The highest BCUT2D eigenvalue weighted by molar-refractivity contribution is 9.10. The molecule has 0 fully saturated rings. The molecular formula is C15H15BrClNO2. The van der Waals surface area contributed by atoms with Crippen LogP contribution in [0.4, 0.5) is 0 Å². The van der Waals surface area contributed by atoms with E-state index >= 15 is 0 Å². The summed E-state index contributed by atoms with van der Waals surface area (Å²) >= 11 is 9.22. The van der Waals surface area contributed by atoms with Crippen molar-refractivity contribution >= 4 is 27.5 Å². The first-order valence-electron chi connectivity index (χ1n) is 6.25. The van der Waals surface area contributed by atoms with Gasteiger partial charge in [-0.15, -0.1) is 0 Å². The minimum atomic E-state index is -0.636. The van der Waals surface area contributed by atoms with Crippen molar-refractivity contribution in [3.63, 3.8) is 0 Å². The van der Waals surface area contributed by atoms with Crippen molar-refractivity contribution in [2.24, 2.45) is 0 Å². The minimum Gasteiger partial charge on any atom is -0.488 e. The summed E-state index contributed by atoms with van der Waals surface area (Å²) in [4.78, 5) is 4.24. The van der Waals surface area contributed by atoms with Crippen LogP contribution in [0.1, 0.15) is 12.6 Å². The SMILES string of the molecule is CC(Oc1cccc(Cl)c1)C(O)Cc1ccc(Br)cn1. The molecule has 106 valence electrons. The van der Waals surface area contributed by atoms with Crippen molar-refractivity contribution in [3.8, 4) is 5.75 Å². The molecule has 2 rings (SSSR count). The molecule has 0 saturated heterocycles. The summed E-state index contributed by atoms with van der Waals surface area (Å²) in [5, 5.41) is 10.8. The topological polar surface area (TPSA) is 42.4 Å². The van der Waals surface area contributed by atoms with E-state index in [2.05, 4.69) is 20.9 Å². The molecule has 1 aromatic heterocycles. The third-order valence-electron chi connectivity index (χ3n) is 2.87. The van der Waals surface area contributed by atoms with Crippen LogP contribution in [0.3, 0.4) is 0 Å². The Bertz CT molecular complexity index is 562. The van der Waals surface area contributed by atoms with Crippen LogP contribution < -0.4 is 4.74 Å². The Morgan fingerprint density at radius 1 is 1.35 bits per heavy atom. The Morgan fingerprint density at radius 3 is 2.80 bits per heavy atom. The summed E-state index contributed by atoms with van der Waals surface area (Å²) in [6.45, 7) is 1.82. The molecule has 2 unspecified atom stereocenters. The van der Waals surface area contributed by atoms with Gasteiger partial charge >= 0.3 is 0 Å². The molecule has 0 aliphatic heterocycles. The number of aliphatic hydroxyl groups is 1. The molecule has 0 amide bonds. The van der Waals surface area contributed by atoms with Crippen molar-refractivity contribution in [2.75, 3.05) is 0 Å². The maximum Gasteiger partial charge on any atom is 0.122 e. The molecule has 0 aliphatic carbocycles. The predicted molar refractivity (Wildman–Crippen MR) is 83.2 cm³/mol. The molecule has 0 radical (unpaired) electrons. The molecule has 0 spiro atoms. The maximum atomic E-state index is 10.2. The summed E-state index contributed by atoms with van der Waals surface area (Å²) in [5.74, 6) is 0.646. The summed E-state index contributed by atoms with van der Waals surface area (Å²) in [5.41, 5.74) is 0.822. The quantitative estimate of drug-likeness (QED) is 0.884. The van der Waals surface area contributed by atoms with Gasteiger partial charge in [-0.25, -0.2) is 0 Å². The molecule has 3 nitrogen and oxygen atoms in total. The van der Waals surface area contributed by atoms with Gasteiger partial charge < -0.3 is 9.84 Å². The summed E-state index contributed by atoms with van der Waals surface area (Å²) < 4.78 is 6.60. The summed E-state index contributed by atoms with van der Waals surface area (Å²) in [6, 6.07) is 10.9. The van der Waals surface area contributed by atoms with Gasteiger partial charge in [-0.05, 0) is 53.2 Å². The number of ether oxygens (including phenoxy) is 1. The van der Waals surface area contributed by atoms with Crippen molar-refractivity contribution in [1.29, 1.82) is 0 Å². The van der Waals surface area contributed by atoms with E-state index in [1.54, 1.807) is 18.3 Å². The second-order valence-corrected chi connectivity index (χ2v) is 5.87. The Hall–Kier alpha value is -1.10. The number of aromatic nitrogens is 1. The smallest absolute Gasteiger partial charge is 0.122 e. The summed E-state index contributed by atoms with van der Waals surface area (Å²) in [6.07, 6.45) is 1.17. The lowest BCUT2D eigenvalue weighted by Crippen LogP contribution is -2.30. The number of halogens is 2. The number of hydrogen-bond donors (Lipinski definition) is 1. The minimum absolute atomic E-state index is 0.348. The first-order valence-corrected chi connectivity index (χ1v) is 7.42. The highest BCUT2D eigenvalue weighted by Gasteiger charge is 2.17. The van der Waals surface area contributed by atoms with E-state index in [4.69, 9.17) is 16.3 Å². The number of rotatable bonds is 5. The van der Waals surface area contributed by atoms with E-state index in [0.29, 0.717) is 17.2 Å². The van der Waals surface area contributed by atoms with Crippen LogP contribution >= 0.6 is 27.5 Å². The van der Waals surface area contributed by atoms with Gasteiger partial charge in [0.1, 0.15) is 11.9 Å². The average molecular weight is 357 g/mol. The van der Waals surface area contributed by atoms with Crippen LogP contribution in [0, 0.1) is 0 Å². The van der Waals surface area contributed by atoms with Crippen molar-refractivity contribution < 1.29 is 9.84 Å². The number of aliphatic hydroxyl groups excluding tert-OH is 1. The van der Waals surface area contributed by atoms with Crippen LogP contribution in [0.5, 0.6) is 5.75 Å². The fraction of sp³-hybridized carbons (Fsp3) is 0.267. The van der Waals surface area contributed by atoms with E-state index < -0.39 is 6.10 Å². The van der Waals surface area contributed by atoms with Crippen molar-refractivity contribution in [1.82, 2.24) is 4.98 Å². The van der Waals surface area contributed by atoms with Crippen LogP contribution in [-0.4, -0.2) is 22.3 Å². The molecule has 2 atom stereocenters. The highest BCUT2D eigenvalue weighted by Crippen LogP contribution is 2.20. The number of benzene rings is 1. The Labute approximate surface area is 131 Å². The van der Waals surface area contributed by atoms with Crippen LogP contribution in [0.2, 0.25) is 5.02 Å². The third kappa shape index (κ3) is 4.47. The molecule has 5 heteroatoms. The lowest BCUT2D eigenvalue weighted by atomic mass is 10.1. The van der Waals surface area contributed by atoms with Crippen LogP contribution in [0.25, 0.3) is 0 Å². The zero-order chi connectivity index (χ0) is 14.5. The second kappa shape index (κ2) is 7.07. The van der Waals surface area contributed by atoms with E-state index in [1.807, 2.05) is 31.2 Å². The molecule has 20 heavy (non-hydrogen) atoms. The highest BCUT2D eigenvalue weighted by atomic mass is 79.9. The molecule has 2 aromatic rings. The number of nitrogens with zero attached hydrogens (tertiary/aromatic N) is 1. The van der Waals surface area contributed by atoms with Crippen molar-refractivity contribution in [2.45, 2.75) is 25.6 Å². The number of pyridine rings is 1. The van der Waals surface area contributed by atoms with Gasteiger partial charge in [-0.2, -0.15) is 0 Å². The zero-order valence-electron chi connectivity index (χ0n) is 11.0. The van der Waals surface area contributed by atoms with Gasteiger partial charge in [0.25, 0.3) is 0 Å². The van der Waals surface area contributed by atoms with E-state index in [1.165, 1.54) is 0 Å². The van der Waals surface area contributed by atoms with Gasteiger partial charge in [0, 0.05) is 27.8 Å². The largest absolute Gasteiger partial charge is 0.488 e. The zero-order valence-corrected chi connectivity index (χ0v) is 13.3. The van der Waals surface area contributed by atoms with Crippen LogP contribution in [-0.2, 0) is 6.42 Å². The van der Waals surface area contributed by atoms with Gasteiger partial charge in [-0.1, -0.05) is 17.7 Å². The first kappa shape index (κ1) is 15.3. The molecule has 1 heterocycles. The second-order valence-electron chi connectivity index (χ2n) is 4.52. The first-order chi connectivity index (χ1) is 9.54. The maximum absolute atomic E-state index is 10.2. The lowest BCUT2D eigenvalue weighted by molar-refractivity contribution is 0.0472. The van der Waals surface area contributed by atoms with Gasteiger partial charge in [0.05, 0.1) is 6.10 Å². The Kier molecular flexibility index (Phi) is 5.40. The lowest BCUT2D eigenvalue weighted by Gasteiger charge is -2.20. The Morgan fingerprint density at radius 2 is 2.15 bits per heavy atom. The molecular weight excluding hydrogens is 342 g/mol. The van der Waals surface area contributed by atoms with Gasteiger partial charge in [-0.3, -0.25) is 4.98 Å². The fourth-order valence-corrected chi connectivity index (χ4v) is 2.16. The van der Waals surface area contributed by atoms with Crippen LogP contribution in [0.15, 0.2) is 47.1 Å². The molecule has 0 saturated carbocycles. The normalized spacial score (nSPS) is 13.8. The molecule has 1 N–H and O–H groups in total. The Balaban J connectivity index is 1.94. The van der Waals surface area contributed by atoms with Gasteiger partial charge in [0.15, 0.2) is 0 Å². The standard InChI is InChI=1S/C15H15BrClNO2/c1-10(20-14-4-2-3-12(17)7-14)15(19)8-13-6-5-11(16)9-18-13/h2-7,9-10,15,19H,8H2,1H3. The average Bonchev–Trinajstić information content (AvgIpc) is 2.41. The third-order valence-corrected chi connectivity index (χ3v) is 3.57. The fourth-order valence-electron chi connectivity index (χ4n) is 1.74. The van der Waals surface area contributed by atoms with Crippen molar-refractivity contribution in [3.05, 3.63) is 57.8 Å². The predicted octanol–water partition coefficient (Wildman–Crippen LogP) is 3.87. The monoisotopic (exact) mass is 355 g/mol. The molecule has 0 bridgehead atoms. The molecule has 0 aliphatic rings. The van der Waals surface area contributed by atoms with E-state index in [-0.39, 0.29) is 6.10 Å². The summed E-state index contributed by atoms with van der Waals surface area (Å²) in [7, 11) is 0. The molecule has 1 aromatic carbocycles. The van der Waals surface area contributed by atoms with Gasteiger partial charge in [0.2, 0.25) is 0 Å².